The van der Waals surface area contributed by atoms with Gasteiger partial charge in [-0.25, -0.2) is 4.79 Å². The van der Waals surface area contributed by atoms with Crippen LogP contribution in [-0.2, 0) is 25.5 Å². The van der Waals surface area contributed by atoms with E-state index in [0.29, 0.717) is 12.8 Å². The smallest absolute Gasteiger partial charge is 0.331 e. The van der Waals surface area contributed by atoms with Gasteiger partial charge in [0, 0.05) is 18.0 Å². The minimum absolute atomic E-state index is 0.0102. The second-order valence-electron chi connectivity index (χ2n) is 10.5. The van der Waals surface area contributed by atoms with Gasteiger partial charge in [-0.2, -0.15) is 0 Å². The van der Waals surface area contributed by atoms with Crippen LogP contribution in [0.5, 0.6) is 0 Å². The molecule has 1 saturated carbocycles. The van der Waals surface area contributed by atoms with E-state index in [1.807, 2.05) is 18.2 Å². The van der Waals surface area contributed by atoms with Crippen LogP contribution in [0.3, 0.4) is 0 Å². The molecule has 34 heavy (non-hydrogen) atoms. The zero-order chi connectivity index (χ0) is 23.9. The minimum Gasteiger partial charge on any atom is -0.445 e. The maximum atomic E-state index is 13.8. The van der Waals surface area contributed by atoms with E-state index in [4.69, 9.17) is 9.47 Å². The average Bonchev–Trinajstić information content (AvgIpc) is 3.44. The number of allylic oxidation sites excluding steroid dienone is 1. The molecule has 0 bridgehead atoms. The Kier molecular flexibility index (Phi) is 6.15. The molecule has 1 aromatic carbocycles. The number of ether oxygens (including phenoxy) is 2. The summed E-state index contributed by atoms with van der Waals surface area (Å²) in [6.45, 7) is 4.23. The Morgan fingerprint density at radius 1 is 1.12 bits per heavy atom. The van der Waals surface area contributed by atoms with Crippen molar-refractivity contribution >= 4 is 11.9 Å². The van der Waals surface area contributed by atoms with Gasteiger partial charge in [0.15, 0.2) is 0 Å². The van der Waals surface area contributed by atoms with E-state index in [2.05, 4.69) is 43.4 Å². The molecule has 1 aromatic rings. The molecule has 0 aromatic heterocycles. The van der Waals surface area contributed by atoms with Crippen LogP contribution in [-0.4, -0.2) is 46.4 Å². The summed E-state index contributed by atoms with van der Waals surface area (Å²) in [5.74, 6) is -1.42. The molecule has 1 aliphatic carbocycles. The van der Waals surface area contributed by atoms with Crippen molar-refractivity contribution in [3.05, 3.63) is 60.2 Å². The number of carbonyl (C=O) groups is 2. The van der Waals surface area contributed by atoms with Crippen molar-refractivity contribution in [2.75, 3.05) is 0 Å². The number of carbonyl (C=O) groups excluding carboxylic acids is 2. The first-order chi connectivity index (χ1) is 16.4. The first-order valence-electron chi connectivity index (χ1n) is 12.6. The fourth-order valence-corrected chi connectivity index (χ4v) is 6.53. The van der Waals surface area contributed by atoms with Gasteiger partial charge in [0.05, 0.1) is 23.7 Å². The van der Waals surface area contributed by atoms with Gasteiger partial charge in [-0.05, 0) is 50.2 Å². The molecule has 3 fully saturated rings. The molecular weight excluding hydrogens is 430 g/mol. The van der Waals surface area contributed by atoms with Crippen molar-refractivity contribution in [2.45, 2.75) is 81.8 Å². The highest BCUT2D eigenvalue weighted by Gasteiger charge is 2.78. The maximum absolute atomic E-state index is 13.8. The zero-order valence-corrected chi connectivity index (χ0v) is 20.0. The van der Waals surface area contributed by atoms with Crippen molar-refractivity contribution in [3.8, 4) is 0 Å². The number of esters is 1. The second-order valence-corrected chi connectivity index (χ2v) is 10.5. The van der Waals surface area contributed by atoms with Crippen molar-refractivity contribution in [3.63, 3.8) is 0 Å². The third kappa shape index (κ3) is 3.91. The van der Waals surface area contributed by atoms with Gasteiger partial charge in [-0.1, -0.05) is 62.2 Å². The standard InChI is InChI=1S/C28H35NO5/c1-18-24-22(17-19-11-7-6-8-12-19)29-26(32)28(24)21(25-27(18,2)34-25)14-10-5-3-4-9-13-20(30)15-16-23(31)33-28/h6-8,10-12,14-16,18,20-22,24-25,30H,3-5,9,13,17H2,1-2H3,(H,29,32). The van der Waals surface area contributed by atoms with Crippen LogP contribution in [0.4, 0.5) is 0 Å². The largest absolute Gasteiger partial charge is 0.445 e. The Morgan fingerprint density at radius 2 is 1.91 bits per heavy atom. The lowest BCUT2D eigenvalue weighted by Gasteiger charge is -2.45. The quantitative estimate of drug-likeness (QED) is 0.397. The number of aliphatic hydroxyl groups is 1. The maximum Gasteiger partial charge on any atom is 0.331 e. The lowest BCUT2D eigenvalue weighted by atomic mass is 9.59. The van der Waals surface area contributed by atoms with E-state index in [0.717, 1.165) is 31.2 Å². The van der Waals surface area contributed by atoms with Crippen LogP contribution in [0.15, 0.2) is 54.6 Å². The lowest BCUT2D eigenvalue weighted by Crippen LogP contribution is -2.61. The molecule has 6 heteroatoms. The summed E-state index contributed by atoms with van der Waals surface area (Å²) in [6.07, 6.45) is 11.1. The summed E-state index contributed by atoms with van der Waals surface area (Å²) >= 11 is 0. The normalized spacial score (nSPS) is 42.0. The number of amides is 1. The van der Waals surface area contributed by atoms with Gasteiger partial charge in [0.25, 0.3) is 5.91 Å². The van der Waals surface area contributed by atoms with Crippen LogP contribution in [0, 0.1) is 17.8 Å². The molecule has 2 N–H and O–H groups in total. The van der Waals surface area contributed by atoms with Crippen molar-refractivity contribution in [1.82, 2.24) is 5.32 Å². The number of hydrogen-bond acceptors (Lipinski definition) is 5. The summed E-state index contributed by atoms with van der Waals surface area (Å²) in [7, 11) is 0. The molecule has 4 aliphatic rings. The first-order valence-corrected chi connectivity index (χ1v) is 12.6. The SMILES string of the molecule is CC1C2C(Cc3ccccc3)NC(=O)C23OC(=O)C=CC(O)CCCCCC=CC3C2OC12C. The number of benzene rings is 1. The fourth-order valence-electron chi connectivity index (χ4n) is 6.53. The van der Waals surface area contributed by atoms with E-state index in [1.54, 1.807) is 0 Å². The summed E-state index contributed by atoms with van der Waals surface area (Å²) in [4.78, 5) is 26.8. The van der Waals surface area contributed by atoms with Crippen molar-refractivity contribution < 1.29 is 24.2 Å². The molecular formula is C28H35NO5. The molecule has 0 radical (unpaired) electrons. The zero-order valence-electron chi connectivity index (χ0n) is 20.0. The van der Waals surface area contributed by atoms with Crippen molar-refractivity contribution in [1.29, 1.82) is 0 Å². The molecule has 182 valence electrons. The first kappa shape index (κ1) is 23.3. The molecule has 3 heterocycles. The van der Waals surface area contributed by atoms with Crippen LogP contribution in [0.2, 0.25) is 0 Å². The predicted molar refractivity (Wildman–Crippen MR) is 128 cm³/mol. The lowest BCUT2D eigenvalue weighted by molar-refractivity contribution is -0.177. The Bertz CT molecular complexity index is 990. The third-order valence-electron chi connectivity index (χ3n) is 8.49. The van der Waals surface area contributed by atoms with E-state index >= 15 is 0 Å². The van der Waals surface area contributed by atoms with E-state index in [-0.39, 0.29) is 41.4 Å². The molecule has 8 atom stereocenters. The van der Waals surface area contributed by atoms with Gasteiger partial charge >= 0.3 is 5.97 Å². The van der Waals surface area contributed by atoms with E-state index in [1.165, 1.54) is 12.2 Å². The van der Waals surface area contributed by atoms with Gasteiger partial charge in [0.2, 0.25) is 5.60 Å². The van der Waals surface area contributed by atoms with Crippen LogP contribution >= 0.6 is 0 Å². The third-order valence-corrected chi connectivity index (χ3v) is 8.49. The van der Waals surface area contributed by atoms with Gasteiger partial charge in [0.1, 0.15) is 0 Å². The molecule has 5 rings (SSSR count). The minimum atomic E-state index is -1.34. The molecule has 1 spiro atoms. The molecule has 8 unspecified atom stereocenters. The van der Waals surface area contributed by atoms with Gasteiger partial charge < -0.3 is 19.9 Å². The number of epoxide rings is 1. The topological polar surface area (TPSA) is 88.2 Å². The molecule has 3 aliphatic heterocycles. The Morgan fingerprint density at radius 3 is 2.71 bits per heavy atom. The number of rotatable bonds is 2. The van der Waals surface area contributed by atoms with Crippen molar-refractivity contribution in [2.24, 2.45) is 17.8 Å². The summed E-state index contributed by atoms with van der Waals surface area (Å²) in [5, 5.41) is 13.4. The summed E-state index contributed by atoms with van der Waals surface area (Å²) < 4.78 is 12.4. The average molecular weight is 466 g/mol. The number of hydrogen-bond donors (Lipinski definition) is 2. The van der Waals surface area contributed by atoms with Crippen LogP contribution in [0.1, 0.15) is 51.5 Å². The summed E-state index contributed by atoms with van der Waals surface area (Å²) in [6, 6.07) is 9.91. The van der Waals surface area contributed by atoms with E-state index < -0.39 is 17.7 Å². The highest BCUT2D eigenvalue weighted by molar-refractivity contribution is 5.94. The Labute approximate surface area is 201 Å². The summed E-state index contributed by atoms with van der Waals surface area (Å²) in [5.41, 5.74) is -0.566. The van der Waals surface area contributed by atoms with Gasteiger partial charge in [-0.15, -0.1) is 0 Å². The fraction of sp³-hybridized carbons (Fsp3) is 0.571. The van der Waals surface area contributed by atoms with E-state index in [9.17, 15) is 14.7 Å². The Balaban J connectivity index is 1.55. The number of fused-ring (bicyclic) bond motifs is 2. The number of aliphatic hydroxyl groups excluding tert-OH is 1. The molecule has 1 amide bonds. The highest BCUT2D eigenvalue weighted by Crippen LogP contribution is 2.63. The van der Waals surface area contributed by atoms with Crippen LogP contribution < -0.4 is 5.32 Å². The monoisotopic (exact) mass is 465 g/mol. The van der Waals surface area contributed by atoms with Crippen LogP contribution in [0.25, 0.3) is 0 Å². The molecule has 6 nitrogen and oxygen atoms in total. The Hall–Kier alpha value is -2.44. The highest BCUT2D eigenvalue weighted by atomic mass is 16.6. The predicted octanol–water partition coefficient (Wildman–Crippen LogP) is 3.49. The number of nitrogens with one attached hydrogen (secondary N) is 1. The van der Waals surface area contributed by atoms with Gasteiger partial charge in [-0.3, -0.25) is 4.79 Å². The molecule has 2 saturated heterocycles. The second kappa shape index (κ2) is 8.97.